The maximum atomic E-state index is 11.6. The lowest BCUT2D eigenvalue weighted by atomic mass is 10.0. The van der Waals surface area contributed by atoms with E-state index in [9.17, 15) is 24.9 Å². The number of ether oxygens (including phenoxy) is 1. The normalized spacial score (nSPS) is 18.7. The first-order valence-corrected chi connectivity index (χ1v) is 6.15. The van der Waals surface area contributed by atoms with Gasteiger partial charge in [-0.1, -0.05) is 0 Å². The zero-order valence-corrected chi connectivity index (χ0v) is 11.0. The van der Waals surface area contributed by atoms with Gasteiger partial charge in [-0.3, -0.25) is 4.79 Å². The molecule has 0 unspecified atom stereocenters. The van der Waals surface area contributed by atoms with Gasteiger partial charge in [-0.05, 0) is 19.4 Å². The zero-order chi connectivity index (χ0) is 15.7. The number of hydrogen-bond acceptors (Lipinski definition) is 9. The van der Waals surface area contributed by atoms with Crippen LogP contribution in [0.4, 0.5) is 0 Å². The third-order valence-electron chi connectivity index (χ3n) is 2.67. The molecule has 0 bridgehead atoms. The third-order valence-corrected chi connectivity index (χ3v) is 2.67. The van der Waals surface area contributed by atoms with Gasteiger partial charge in [-0.15, -0.1) is 0 Å². The Labute approximate surface area is 116 Å². The second-order valence-electron chi connectivity index (χ2n) is 4.31. The number of carbonyl (C=O) groups is 2. The minimum Gasteiger partial charge on any atom is -0.455 e. The maximum absolute atomic E-state index is 11.6. The second kappa shape index (κ2) is 9.75. The van der Waals surface area contributed by atoms with Crippen molar-refractivity contribution in [2.24, 2.45) is 11.5 Å². The molecule has 118 valence electrons. The first-order chi connectivity index (χ1) is 9.38. The van der Waals surface area contributed by atoms with Crippen molar-refractivity contribution in [1.29, 1.82) is 0 Å². The molecule has 0 fully saturated rings. The van der Waals surface area contributed by atoms with Crippen LogP contribution in [0.2, 0.25) is 0 Å². The minimum atomic E-state index is -1.85. The summed E-state index contributed by atoms with van der Waals surface area (Å²) in [4.78, 5) is 22.2. The number of carbonyl (C=O) groups excluding carboxylic acids is 2. The van der Waals surface area contributed by atoms with Gasteiger partial charge in [0.2, 0.25) is 0 Å². The summed E-state index contributed by atoms with van der Waals surface area (Å²) in [6, 6.07) is -1.03. The van der Waals surface area contributed by atoms with Crippen LogP contribution in [0.5, 0.6) is 0 Å². The Hall–Kier alpha value is -1.10. The van der Waals surface area contributed by atoms with Gasteiger partial charge in [0.05, 0.1) is 6.61 Å². The number of aliphatic hydroxyl groups excluding tert-OH is 4. The van der Waals surface area contributed by atoms with Gasteiger partial charge in [0.1, 0.15) is 24.4 Å². The Morgan fingerprint density at radius 1 is 1.30 bits per heavy atom. The molecule has 0 heterocycles. The quantitative estimate of drug-likeness (QED) is 0.174. The molecule has 0 aliphatic heterocycles. The summed E-state index contributed by atoms with van der Waals surface area (Å²) >= 11 is 0. The molecule has 0 aliphatic rings. The number of aldehydes is 1. The fraction of sp³-hybridized carbons (Fsp3) is 0.818. The average Bonchev–Trinajstić information content (AvgIpc) is 2.47. The van der Waals surface area contributed by atoms with E-state index in [0.717, 1.165) is 0 Å². The van der Waals surface area contributed by atoms with Crippen LogP contribution in [0, 0.1) is 0 Å². The number of rotatable bonds is 10. The topological polar surface area (TPSA) is 176 Å². The molecule has 0 aliphatic carbocycles. The highest BCUT2D eigenvalue weighted by atomic mass is 16.6. The summed E-state index contributed by atoms with van der Waals surface area (Å²) in [5.74, 6) is -0.950. The molecular formula is C11H22N2O7. The Kier molecular flexibility index (Phi) is 9.21. The summed E-state index contributed by atoms with van der Waals surface area (Å²) in [5, 5.41) is 37.0. The molecule has 5 atom stereocenters. The molecule has 0 radical (unpaired) electrons. The highest BCUT2D eigenvalue weighted by Crippen LogP contribution is 2.11. The standard InChI is InChI=1S/C11H22N2O7/c12-3-1-2-6(13)11(19)20-10(8(17)5-15)9(18)7(16)4-14/h5-10,14,16-18H,1-4,12-13H2/t6-,7+,8-,9+,10+/m0/s1. The lowest BCUT2D eigenvalue weighted by Gasteiger charge is -2.28. The fourth-order valence-corrected chi connectivity index (χ4v) is 1.42. The van der Waals surface area contributed by atoms with E-state index in [2.05, 4.69) is 0 Å². The maximum Gasteiger partial charge on any atom is 0.323 e. The van der Waals surface area contributed by atoms with E-state index in [0.29, 0.717) is 13.0 Å². The van der Waals surface area contributed by atoms with Gasteiger partial charge in [-0.2, -0.15) is 0 Å². The van der Waals surface area contributed by atoms with Crippen LogP contribution >= 0.6 is 0 Å². The number of aliphatic hydroxyl groups is 4. The van der Waals surface area contributed by atoms with Gasteiger partial charge in [0.25, 0.3) is 0 Å². The third kappa shape index (κ3) is 5.90. The second-order valence-corrected chi connectivity index (χ2v) is 4.31. The van der Waals surface area contributed by atoms with Gasteiger partial charge < -0.3 is 41.4 Å². The summed E-state index contributed by atoms with van der Waals surface area (Å²) in [6.45, 7) is -0.507. The van der Waals surface area contributed by atoms with E-state index < -0.39 is 43.0 Å². The monoisotopic (exact) mass is 294 g/mol. The van der Waals surface area contributed by atoms with Gasteiger partial charge in [0.15, 0.2) is 12.4 Å². The molecule has 0 saturated carbocycles. The van der Waals surface area contributed by atoms with Crippen molar-refractivity contribution in [2.45, 2.75) is 43.3 Å². The predicted molar refractivity (Wildman–Crippen MR) is 67.3 cm³/mol. The summed E-state index contributed by atoms with van der Waals surface area (Å²) in [5.41, 5.74) is 10.8. The molecule has 9 heteroatoms. The Morgan fingerprint density at radius 2 is 1.90 bits per heavy atom. The molecule has 0 saturated heterocycles. The van der Waals surface area contributed by atoms with E-state index in [4.69, 9.17) is 21.3 Å². The predicted octanol–water partition coefficient (Wildman–Crippen LogP) is -3.76. The lowest BCUT2D eigenvalue weighted by Crippen LogP contribution is -2.50. The van der Waals surface area contributed by atoms with Crippen molar-refractivity contribution >= 4 is 12.3 Å². The molecule has 20 heavy (non-hydrogen) atoms. The molecule has 0 spiro atoms. The molecular weight excluding hydrogens is 272 g/mol. The van der Waals surface area contributed by atoms with Crippen molar-refractivity contribution in [3.05, 3.63) is 0 Å². The van der Waals surface area contributed by atoms with E-state index in [1.165, 1.54) is 0 Å². The van der Waals surface area contributed by atoms with Gasteiger partial charge >= 0.3 is 5.97 Å². The summed E-state index contributed by atoms with van der Waals surface area (Å²) < 4.78 is 4.74. The highest BCUT2D eigenvalue weighted by Gasteiger charge is 2.35. The average molecular weight is 294 g/mol. The smallest absolute Gasteiger partial charge is 0.323 e. The minimum absolute atomic E-state index is 0.0384. The SMILES string of the molecule is NCCC[C@H](N)C(=O)O[C@@H]([C@H](O)[C@H](O)CO)[C@@H](O)C=O. The zero-order valence-electron chi connectivity index (χ0n) is 11.0. The van der Waals surface area contributed by atoms with Crippen LogP contribution in [-0.2, 0) is 14.3 Å². The number of nitrogens with two attached hydrogens (primary N) is 2. The largest absolute Gasteiger partial charge is 0.455 e. The fourth-order valence-electron chi connectivity index (χ4n) is 1.42. The molecule has 0 aromatic heterocycles. The van der Waals surface area contributed by atoms with Crippen LogP contribution < -0.4 is 11.5 Å². The van der Waals surface area contributed by atoms with E-state index in [1.807, 2.05) is 0 Å². The molecule has 0 aromatic rings. The molecule has 9 nitrogen and oxygen atoms in total. The first kappa shape index (κ1) is 18.9. The van der Waals surface area contributed by atoms with Crippen molar-refractivity contribution in [3.8, 4) is 0 Å². The lowest BCUT2D eigenvalue weighted by molar-refractivity contribution is -0.175. The Bertz CT molecular complexity index is 302. The van der Waals surface area contributed by atoms with Crippen LogP contribution in [0.15, 0.2) is 0 Å². The summed E-state index contributed by atoms with van der Waals surface area (Å²) in [6.07, 6.45) is -6.33. The number of esters is 1. The van der Waals surface area contributed by atoms with Crippen molar-refractivity contribution in [1.82, 2.24) is 0 Å². The Morgan fingerprint density at radius 3 is 2.35 bits per heavy atom. The molecule has 8 N–H and O–H groups in total. The van der Waals surface area contributed by atoms with Gasteiger partial charge in [0, 0.05) is 0 Å². The first-order valence-electron chi connectivity index (χ1n) is 6.15. The van der Waals surface area contributed by atoms with Crippen LogP contribution in [0.3, 0.4) is 0 Å². The van der Waals surface area contributed by atoms with Crippen molar-refractivity contribution < 1.29 is 34.8 Å². The van der Waals surface area contributed by atoms with Crippen molar-refractivity contribution in [3.63, 3.8) is 0 Å². The highest BCUT2D eigenvalue weighted by molar-refractivity contribution is 5.76. The van der Waals surface area contributed by atoms with Crippen LogP contribution in [0.1, 0.15) is 12.8 Å². The summed E-state index contributed by atoms with van der Waals surface area (Å²) in [7, 11) is 0. The van der Waals surface area contributed by atoms with Crippen LogP contribution in [-0.4, -0.2) is 76.3 Å². The number of hydrogen-bond donors (Lipinski definition) is 6. The van der Waals surface area contributed by atoms with Crippen LogP contribution in [0.25, 0.3) is 0 Å². The van der Waals surface area contributed by atoms with E-state index in [1.54, 1.807) is 0 Å². The molecule has 0 rings (SSSR count). The van der Waals surface area contributed by atoms with Gasteiger partial charge in [-0.25, -0.2) is 0 Å². The Balaban J connectivity index is 4.72. The molecule has 0 aromatic carbocycles. The van der Waals surface area contributed by atoms with E-state index >= 15 is 0 Å². The molecule has 0 amide bonds. The van der Waals surface area contributed by atoms with E-state index in [-0.39, 0.29) is 12.7 Å². The van der Waals surface area contributed by atoms with Crippen molar-refractivity contribution in [2.75, 3.05) is 13.2 Å².